The summed E-state index contributed by atoms with van der Waals surface area (Å²) in [6, 6.07) is 6.41. The number of carbonyl (C=O) groups is 1. The molecule has 1 fully saturated rings. The first-order chi connectivity index (χ1) is 8.67. The van der Waals surface area contributed by atoms with E-state index in [1.54, 1.807) is 0 Å². The summed E-state index contributed by atoms with van der Waals surface area (Å²) in [7, 11) is 0. The lowest BCUT2D eigenvalue weighted by atomic mass is 10.1. The van der Waals surface area contributed by atoms with Gasteiger partial charge in [0.15, 0.2) is 0 Å². The molecule has 1 aromatic rings. The van der Waals surface area contributed by atoms with Crippen molar-refractivity contribution in [2.45, 2.75) is 39.7 Å². The van der Waals surface area contributed by atoms with Crippen molar-refractivity contribution in [1.29, 1.82) is 0 Å². The van der Waals surface area contributed by atoms with Crippen LogP contribution in [0.4, 0.5) is 5.69 Å². The van der Waals surface area contributed by atoms with E-state index in [-0.39, 0.29) is 5.91 Å². The number of anilines is 1. The molecule has 1 amide bonds. The maximum atomic E-state index is 12.4. The van der Waals surface area contributed by atoms with Gasteiger partial charge in [-0.05, 0) is 57.4 Å². The second-order valence-corrected chi connectivity index (χ2v) is 4.88. The van der Waals surface area contributed by atoms with E-state index in [2.05, 4.69) is 19.2 Å². The van der Waals surface area contributed by atoms with Gasteiger partial charge in [-0.2, -0.15) is 0 Å². The molecule has 1 N–H and O–H groups in total. The highest BCUT2D eigenvalue weighted by Gasteiger charge is 2.31. The van der Waals surface area contributed by atoms with Crippen molar-refractivity contribution in [3.63, 3.8) is 0 Å². The van der Waals surface area contributed by atoms with E-state index < -0.39 is 0 Å². The number of benzene rings is 1. The third kappa shape index (κ3) is 2.66. The monoisotopic (exact) mass is 246 g/mol. The molecule has 0 aliphatic heterocycles. The zero-order valence-corrected chi connectivity index (χ0v) is 11.5. The third-order valence-electron chi connectivity index (χ3n) is 3.43. The number of nitrogens with zero attached hydrogens (tertiary/aromatic N) is 1. The molecule has 3 heteroatoms. The quantitative estimate of drug-likeness (QED) is 0.866. The summed E-state index contributed by atoms with van der Waals surface area (Å²) in [6.45, 7) is 7.87. The average molecular weight is 246 g/mol. The van der Waals surface area contributed by atoms with Gasteiger partial charge in [0.2, 0.25) is 0 Å². The molecule has 18 heavy (non-hydrogen) atoms. The predicted octanol–water partition coefficient (Wildman–Crippen LogP) is 3.05. The van der Waals surface area contributed by atoms with E-state index in [1.807, 2.05) is 30.0 Å². The molecule has 0 heterocycles. The number of carbonyl (C=O) groups excluding carboxylic acids is 1. The van der Waals surface area contributed by atoms with Crippen LogP contribution in [0.5, 0.6) is 0 Å². The van der Waals surface area contributed by atoms with Crippen LogP contribution in [0.2, 0.25) is 0 Å². The topological polar surface area (TPSA) is 32.3 Å². The summed E-state index contributed by atoms with van der Waals surface area (Å²) in [6.07, 6.45) is 2.32. The van der Waals surface area contributed by atoms with Gasteiger partial charge < -0.3 is 10.2 Å². The van der Waals surface area contributed by atoms with E-state index in [1.165, 1.54) is 0 Å². The van der Waals surface area contributed by atoms with Gasteiger partial charge in [0.1, 0.15) is 0 Å². The van der Waals surface area contributed by atoms with Crippen LogP contribution in [-0.2, 0) is 0 Å². The second-order valence-electron chi connectivity index (χ2n) is 4.88. The van der Waals surface area contributed by atoms with E-state index >= 15 is 0 Å². The largest absolute Gasteiger partial charge is 0.385 e. The van der Waals surface area contributed by atoms with Crippen molar-refractivity contribution in [3.05, 3.63) is 29.3 Å². The van der Waals surface area contributed by atoms with Crippen molar-refractivity contribution in [3.8, 4) is 0 Å². The number of aryl methyl sites for hydroxylation is 1. The van der Waals surface area contributed by atoms with Crippen molar-refractivity contribution in [2.75, 3.05) is 18.4 Å². The number of amides is 1. The molecule has 1 saturated carbocycles. The molecular weight excluding hydrogens is 224 g/mol. The van der Waals surface area contributed by atoms with Crippen LogP contribution in [0.25, 0.3) is 0 Å². The fourth-order valence-corrected chi connectivity index (χ4v) is 2.31. The number of hydrogen-bond donors (Lipinski definition) is 1. The van der Waals surface area contributed by atoms with E-state index in [4.69, 9.17) is 0 Å². The molecule has 3 nitrogen and oxygen atoms in total. The van der Waals surface area contributed by atoms with E-state index in [0.717, 1.165) is 42.7 Å². The molecule has 0 radical (unpaired) electrons. The predicted molar refractivity (Wildman–Crippen MR) is 75.1 cm³/mol. The van der Waals surface area contributed by atoms with Gasteiger partial charge in [-0.1, -0.05) is 0 Å². The van der Waals surface area contributed by atoms with Gasteiger partial charge in [-0.15, -0.1) is 0 Å². The molecular formula is C15H22N2O. The summed E-state index contributed by atoms with van der Waals surface area (Å²) in [5, 5.41) is 3.30. The molecule has 0 aromatic heterocycles. The maximum Gasteiger partial charge on any atom is 0.254 e. The Hall–Kier alpha value is -1.51. The Bertz CT molecular complexity index is 438. The maximum absolute atomic E-state index is 12.4. The summed E-state index contributed by atoms with van der Waals surface area (Å²) >= 11 is 0. The molecule has 0 saturated heterocycles. The Morgan fingerprint density at radius 1 is 1.39 bits per heavy atom. The summed E-state index contributed by atoms with van der Waals surface area (Å²) < 4.78 is 0. The van der Waals surface area contributed by atoms with Crippen LogP contribution in [-0.4, -0.2) is 29.9 Å². The highest BCUT2D eigenvalue weighted by molar-refractivity contribution is 5.95. The first-order valence-electron chi connectivity index (χ1n) is 6.82. The number of rotatable bonds is 5. The van der Waals surface area contributed by atoms with Crippen LogP contribution in [0, 0.1) is 6.92 Å². The summed E-state index contributed by atoms with van der Waals surface area (Å²) in [5.41, 5.74) is 3.06. The van der Waals surface area contributed by atoms with Crippen molar-refractivity contribution >= 4 is 11.6 Å². The van der Waals surface area contributed by atoms with E-state index in [9.17, 15) is 4.79 Å². The van der Waals surface area contributed by atoms with Crippen LogP contribution in [0.3, 0.4) is 0 Å². The van der Waals surface area contributed by atoms with Crippen molar-refractivity contribution < 1.29 is 4.79 Å². The average Bonchev–Trinajstić information content (AvgIpc) is 3.17. The van der Waals surface area contributed by atoms with Gasteiger partial charge in [0.25, 0.3) is 5.91 Å². The van der Waals surface area contributed by atoms with Crippen LogP contribution in [0.1, 0.15) is 42.6 Å². The molecule has 98 valence electrons. The van der Waals surface area contributed by atoms with Gasteiger partial charge in [0.05, 0.1) is 0 Å². The molecule has 2 rings (SSSR count). The van der Waals surface area contributed by atoms with Crippen LogP contribution < -0.4 is 5.32 Å². The molecule has 1 aliphatic carbocycles. The molecule has 0 spiro atoms. The Morgan fingerprint density at radius 2 is 2.11 bits per heavy atom. The normalized spacial score (nSPS) is 14.4. The first-order valence-corrected chi connectivity index (χ1v) is 6.82. The Balaban J connectivity index is 2.17. The minimum atomic E-state index is 0.172. The van der Waals surface area contributed by atoms with Crippen LogP contribution >= 0.6 is 0 Å². The summed E-state index contributed by atoms with van der Waals surface area (Å²) in [4.78, 5) is 14.4. The molecule has 0 atom stereocenters. The van der Waals surface area contributed by atoms with Crippen molar-refractivity contribution in [2.24, 2.45) is 0 Å². The Labute approximate surface area is 109 Å². The first kappa shape index (κ1) is 12.9. The molecule has 0 bridgehead atoms. The van der Waals surface area contributed by atoms with E-state index in [0.29, 0.717) is 6.04 Å². The van der Waals surface area contributed by atoms with Crippen molar-refractivity contribution in [1.82, 2.24) is 4.90 Å². The van der Waals surface area contributed by atoms with Gasteiger partial charge in [-0.25, -0.2) is 0 Å². The standard InChI is InChI=1S/C15H22N2O/c1-4-16-14-9-6-12(10-11(14)3)15(18)17(5-2)13-7-8-13/h6,9-10,13,16H,4-5,7-8H2,1-3H3. The molecule has 1 aromatic carbocycles. The SMILES string of the molecule is CCNc1ccc(C(=O)N(CC)C2CC2)cc1C. The number of nitrogens with one attached hydrogen (secondary N) is 1. The third-order valence-corrected chi connectivity index (χ3v) is 3.43. The Kier molecular flexibility index (Phi) is 3.90. The lowest BCUT2D eigenvalue weighted by Gasteiger charge is -2.21. The number of hydrogen-bond acceptors (Lipinski definition) is 2. The lowest BCUT2D eigenvalue weighted by molar-refractivity contribution is 0.0752. The van der Waals surface area contributed by atoms with Crippen LogP contribution in [0.15, 0.2) is 18.2 Å². The van der Waals surface area contributed by atoms with Gasteiger partial charge in [-0.3, -0.25) is 4.79 Å². The molecule has 0 unspecified atom stereocenters. The second kappa shape index (κ2) is 5.42. The lowest BCUT2D eigenvalue weighted by Crippen LogP contribution is -2.32. The molecule has 1 aliphatic rings. The zero-order chi connectivity index (χ0) is 13.1. The van der Waals surface area contributed by atoms with Gasteiger partial charge in [0, 0.05) is 30.4 Å². The smallest absolute Gasteiger partial charge is 0.254 e. The summed E-state index contributed by atoms with van der Waals surface area (Å²) in [5.74, 6) is 0.172. The van der Waals surface area contributed by atoms with Gasteiger partial charge >= 0.3 is 0 Å². The fraction of sp³-hybridized carbons (Fsp3) is 0.533. The zero-order valence-electron chi connectivity index (χ0n) is 11.5. The fourth-order valence-electron chi connectivity index (χ4n) is 2.31. The minimum absolute atomic E-state index is 0.172. The Morgan fingerprint density at radius 3 is 2.61 bits per heavy atom. The highest BCUT2D eigenvalue weighted by Crippen LogP contribution is 2.28. The highest BCUT2D eigenvalue weighted by atomic mass is 16.2. The minimum Gasteiger partial charge on any atom is -0.385 e.